The van der Waals surface area contributed by atoms with Crippen LogP contribution < -0.4 is 0 Å². The van der Waals surface area contributed by atoms with Gasteiger partial charge in [0.1, 0.15) is 5.78 Å². The predicted molar refractivity (Wildman–Crippen MR) is 69.3 cm³/mol. The Morgan fingerprint density at radius 2 is 2.24 bits per heavy atom. The minimum atomic E-state index is 0.420. The molecule has 1 fully saturated rings. The predicted octanol–water partition coefficient (Wildman–Crippen LogP) is 3.70. The highest BCUT2D eigenvalue weighted by Crippen LogP contribution is 2.35. The molecule has 1 aliphatic carbocycles. The molecule has 0 spiro atoms. The van der Waals surface area contributed by atoms with Crippen LogP contribution in [0.1, 0.15) is 42.7 Å². The molecule has 0 aliphatic heterocycles. The molecule has 2 nitrogen and oxygen atoms in total. The summed E-state index contributed by atoms with van der Waals surface area (Å²) in [6, 6.07) is 6.38. The van der Waals surface area contributed by atoms with Crippen molar-refractivity contribution in [2.75, 3.05) is 0 Å². The van der Waals surface area contributed by atoms with Gasteiger partial charge in [-0.3, -0.25) is 4.79 Å². The Hall–Kier alpha value is -1.57. The molecule has 1 aliphatic rings. The summed E-state index contributed by atoms with van der Waals surface area (Å²) in [5.74, 6) is 0.843. The normalized spacial score (nSPS) is 21.0. The first-order chi connectivity index (χ1) is 8.25. The van der Waals surface area contributed by atoms with E-state index in [2.05, 4.69) is 36.3 Å². The number of benzene rings is 1. The summed E-state index contributed by atoms with van der Waals surface area (Å²) in [5, 5.41) is 1.30. The smallest absolute Gasteiger partial charge is 0.133 e. The van der Waals surface area contributed by atoms with E-state index in [1.807, 2.05) is 0 Å². The summed E-state index contributed by atoms with van der Waals surface area (Å²) in [5.41, 5.74) is 3.83. The van der Waals surface area contributed by atoms with Gasteiger partial charge in [0.05, 0.1) is 0 Å². The molecule has 1 aromatic heterocycles. The second-order valence-corrected chi connectivity index (χ2v) is 5.07. The Labute approximate surface area is 101 Å². The number of carbonyl (C=O) groups is 1. The van der Waals surface area contributed by atoms with E-state index in [9.17, 15) is 4.79 Å². The number of aromatic amines is 1. The van der Waals surface area contributed by atoms with E-state index in [4.69, 9.17) is 0 Å². The Morgan fingerprint density at radius 1 is 1.35 bits per heavy atom. The van der Waals surface area contributed by atoms with E-state index in [1.165, 1.54) is 22.0 Å². The van der Waals surface area contributed by atoms with Crippen molar-refractivity contribution >= 4 is 16.7 Å². The van der Waals surface area contributed by atoms with Gasteiger partial charge in [-0.2, -0.15) is 0 Å². The first-order valence-corrected chi connectivity index (χ1v) is 6.34. The number of carbonyl (C=O) groups excluding carboxylic acids is 1. The second-order valence-electron chi connectivity index (χ2n) is 5.07. The summed E-state index contributed by atoms with van der Waals surface area (Å²) < 4.78 is 0. The average Bonchev–Trinajstić information content (AvgIpc) is 2.74. The van der Waals surface area contributed by atoms with Crippen molar-refractivity contribution in [3.63, 3.8) is 0 Å². The van der Waals surface area contributed by atoms with Crippen molar-refractivity contribution in [2.45, 2.75) is 38.5 Å². The maximum Gasteiger partial charge on any atom is 0.133 e. The lowest BCUT2D eigenvalue weighted by Gasteiger charge is -2.20. The van der Waals surface area contributed by atoms with Crippen LogP contribution in [0.5, 0.6) is 0 Å². The van der Waals surface area contributed by atoms with Gasteiger partial charge in [-0.05, 0) is 36.8 Å². The summed E-state index contributed by atoms with van der Waals surface area (Å²) in [6.07, 6.45) is 5.79. The zero-order valence-corrected chi connectivity index (χ0v) is 10.1. The Bertz CT molecular complexity index is 567. The third-order valence-electron chi connectivity index (χ3n) is 3.88. The van der Waals surface area contributed by atoms with Gasteiger partial charge in [0, 0.05) is 29.9 Å². The number of para-hydroxylation sites is 1. The molecule has 3 rings (SSSR count). The molecule has 2 heteroatoms. The van der Waals surface area contributed by atoms with Gasteiger partial charge >= 0.3 is 0 Å². The minimum Gasteiger partial charge on any atom is -0.361 e. The Balaban J connectivity index is 2.05. The van der Waals surface area contributed by atoms with E-state index >= 15 is 0 Å². The molecule has 1 N–H and O–H groups in total. The third-order valence-corrected chi connectivity index (χ3v) is 3.88. The number of Topliss-reactive ketones (excluding diaryl/α,β-unsaturated/α-hetero) is 1. The molecule has 0 amide bonds. The number of hydrogen-bond acceptors (Lipinski definition) is 1. The topological polar surface area (TPSA) is 32.9 Å². The van der Waals surface area contributed by atoms with Crippen molar-refractivity contribution in [1.82, 2.24) is 4.98 Å². The van der Waals surface area contributed by atoms with Gasteiger partial charge in [0.25, 0.3) is 0 Å². The minimum absolute atomic E-state index is 0.420. The van der Waals surface area contributed by atoms with Gasteiger partial charge < -0.3 is 4.98 Å². The standard InChI is InChI=1S/C15H17NO/c1-10-4-2-7-13-14(9-16-15(10)13)11-5-3-6-12(17)8-11/h2,4,7,9,11,16H,3,5-6,8H2,1H3. The summed E-state index contributed by atoms with van der Waals surface area (Å²) >= 11 is 0. The summed E-state index contributed by atoms with van der Waals surface area (Å²) in [4.78, 5) is 14.9. The van der Waals surface area contributed by atoms with Crippen LogP contribution in [-0.2, 0) is 4.79 Å². The van der Waals surface area contributed by atoms with Crippen molar-refractivity contribution in [1.29, 1.82) is 0 Å². The van der Waals surface area contributed by atoms with Crippen molar-refractivity contribution in [3.8, 4) is 0 Å². The fourth-order valence-electron chi connectivity index (χ4n) is 2.96. The van der Waals surface area contributed by atoms with Crippen molar-refractivity contribution < 1.29 is 4.79 Å². The quantitative estimate of drug-likeness (QED) is 0.791. The zero-order chi connectivity index (χ0) is 11.8. The molecule has 2 aromatic rings. The highest BCUT2D eigenvalue weighted by atomic mass is 16.1. The fraction of sp³-hybridized carbons (Fsp3) is 0.400. The van der Waals surface area contributed by atoms with Crippen LogP contribution in [-0.4, -0.2) is 10.8 Å². The molecule has 1 unspecified atom stereocenters. The number of rotatable bonds is 1. The molecular formula is C15H17NO. The van der Waals surface area contributed by atoms with Crippen molar-refractivity contribution in [2.24, 2.45) is 0 Å². The maximum absolute atomic E-state index is 11.6. The fourth-order valence-corrected chi connectivity index (χ4v) is 2.96. The zero-order valence-electron chi connectivity index (χ0n) is 10.1. The first-order valence-electron chi connectivity index (χ1n) is 6.34. The molecule has 17 heavy (non-hydrogen) atoms. The second kappa shape index (κ2) is 4.02. The number of aromatic nitrogens is 1. The number of nitrogens with one attached hydrogen (secondary N) is 1. The number of ketones is 1. The SMILES string of the molecule is Cc1cccc2c(C3CCCC(=O)C3)c[nH]c12. The van der Waals surface area contributed by atoms with Crippen LogP contribution in [0.25, 0.3) is 10.9 Å². The molecule has 1 aromatic carbocycles. The van der Waals surface area contributed by atoms with Crippen LogP contribution in [0, 0.1) is 6.92 Å². The molecule has 1 atom stereocenters. The number of H-pyrrole nitrogens is 1. The third kappa shape index (κ3) is 1.78. The monoisotopic (exact) mass is 227 g/mol. The van der Waals surface area contributed by atoms with Gasteiger partial charge in [-0.1, -0.05) is 18.2 Å². The van der Waals surface area contributed by atoms with Gasteiger partial charge in [0.15, 0.2) is 0 Å². The van der Waals surface area contributed by atoms with E-state index in [0.29, 0.717) is 11.7 Å². The molecule has 0 bridgehead atoms. The lowest BCUT2D eigenvalue weighted by molar-refractivity contribution is -0.120. The molecular weight excluding hydrogens is 210 g/mol. The van der Waals surface area contributed by atoms with Crippen LogP contribution in [0.15, 0.2) is 24.4 Å². The molecule has 0 saturated heterocycles. The molecule has 88 valence electrons. The Kier molecular flexibility index (Phi) is 2.50. The lowest BCUT2D eigenvalue weighted by Crippen LogP contribution is -2.12. The highest BCUT2D eigenvalue weighted by molar-refractivity contribution is 5.88. The maximum atomic E-state index is 11.6. The number of hydrogen-bond donors (Lipinski definition) is 1. The summed E-state index contributed by atoms with van der Waals surface area (Å²) in [7, 11) is 0. The van der Waals surface area contributed by atoms with E-state index in [-0.39, 0.29) is 0 Å². The largest absolute Gasteiger partial charge is 0.361 e. The van der Waals surface area contributed by atoms with Gasteiger partial charge in [-0.25, -0.2) is 0 Å². The van der Waals surface area contributed by atoms with E-state index in [0.717, 1.165) is 25.7 Å². The lowest BCUT2D eigenvalue weighted by atomic mass is 9.83. The highest BCUT2D eigenvalue weighted by Gasteiger charge is 2.23. The summed E-state index contributed by atoms with van der Waals surface area (Å²) in [6.45, 7) is 2.12. The van der Waals surface area contributed by atoms with Gasteiger partial charge in [0.2, 0.25) is 0 Å². The van der Waals surface area contributed by atoms with E-state index < -0.39 is 0 Å². The van der Waals surface area contributed by atoms with E-state index in [1.54, 1.807) is 0 Å². The van der Waals surface area contributed by atoms with Crippen LogP contribution in [0.3, 0.4) is 0 Å². The average molecular weight is 227 g/mol. The van der Waals surface area contributed by atoms with Crippen molar-refractivity contribution in [3.05, 3.63) is 35.5 Å². The van der Waals surface area contributed by atoms with Crippen LogP contribution in [0.4, 0.5) is 0 Å². The van der Waals surface area contributed by atoms with Crippen LogP contribution in [0.2, 0.25) is 0 Å². The number of fused-ring (bicyclic) bond motifs is 1. The molecule has 0 radical (unpaired) electrons. The Morgan fingerprint density at radius 3 is 3.06 bits per heavy atom. The first kappa shape index (κ1) is 10.6. The molecule has 1 saturated carbocycles. The van der Waals surface area contributed by atoms with Gasteiger partial charge in [-0.15, -0.1) is 0 Å². The molecule has 1 heterocycles. The number of aryl methyl sites for hydroxylation is 1. The van der Waals surface area contributed by atoms with Crippen LogP contribution >= 0.6 is 0 Å².